The molecular formula is C11H13BrNNaO3S2. The van der Waals surface area contributed by atoms with Crippen LogP contribution in [0, 0.1) is 12.8 Å². The van der Waals surface area contributed by atoms with E-state index in [4.69, 9.17) is 12.2 Å². The van der Waals surface area contributed by atoms with Crippen LogP contribution in [-0.4, -0.2) is 10.3 Å². The number of thiocarbonyl (C=S) groups is 1. The average molecular weight is 374 g/mol. The summed E-state index contributed by atoms with van der Waals surface area (Å²) >= 11 is 9.55. The smallest absolute Gasteiger partial charge is 0.691 e. The third kappa shape index (κ3) is 6.88. The van der Waals surface area contributed by atoms with E-state index in [1.54, 1.807) is 0 Å². The Balaban J connectivity index is 0.00000324. The zero-order chi connectivity index (χ0) is 13.5. The minimum atomic E-state index is 0. The van der Waals surface area contributed by atoms with Crippen molar-refractivity contribution in [3.8, 4) is 0 Å². The van der Waals surface area contributed by atoms with Crippen LogP contribution in [-0.2, 0) is 9.37 Å². The van der Waals surface area contributed by atoms with E-state index >= 15 is 0 Å². The summed E-state index contributed by atoms with van der Waals surface area (Å²) in [4.78, 5) is 1.60. The predicted molar refractivity (Wildman–Crippen MR) is 78.4 cm³/mol. The maximum Gasteiger partial charge on any atom is 1.00 e. The van der Waals surface area contributed by atoms with E-state index in [-0.39, 0.29) is 35.5 Å². The number of aryl methyl sites for hydroxylation is 1. The summed E-state index contributed by atoms with van der Waals surface area (Å²) in [5.41, 5.74) is 1.88. The fourth-order valence-electron chi connectivity index (χ4n) is 1.21. The van der Waals surface area contributed by atoms with Gasteiger partial charge in [0, 0.05) is 21.8 Å². The van der Waals surface area contributed by atoms with Gasteiger partial charge < -0.3 is 10.6 Å². The molecule has 1 N–H and O–H groups in total. The Hall–Kier alpha value is 0.820. The van der Waals surface area contributed by atoms with Gasteiger partial charge in [-0.2, -0.15) is 4.33 Å². The first-order valence-corrected chi connectivity index (χ1v) is 7.46. The summed E-state index contributed by atoms with van der Waals surface area (Å²) < 4.78 is 4.29. The first kappa shape index (κ1) is 19.8. The fraction of sp³-hybridized carbons (Fsp3) is 0.364. The topological polar surface area (TPSA) is 53.5 Å². The molecular weight excluding hydrogens is 361 g/mol. The third-order valence-electron chi connectivity index (χ3n) is 2.27. The molecule has 0 aliphatic carbocycles. The van der Waals surface area contributed by atoms with E-state index in [9.17, 15) is 5.26 Å². The van der Waals surface area contributed by atoms with Gasteiger partial charge in [-0.3, -0.25) is 5.04 Å². The van der Waals surface area contributed by atoms with Gasteiger partial charge in [-0.15, -0.1) is 0 Å². The standard InChI is InChI=1S/C11H14BrNO3S2.Na/c1-7-5-9(13-11(17)8(2)6-12)3-4-10(7)18-16-15-14;/h3-5,8,14H,6H2,1-2H3,(H,13,17);/q;+1/p-1. The average Bonchev–Trinajstić information content (AvgIpc) is 2.36. The largest absolute Gasteiger partial charge is 1.00 e. The summed E-state index contributed by atoms with van der Waals surface area (Å²) in [5.74, 6) is 0.270. The Kier molecular flexibility index (Phi) is 11.0. The van der Waals surface area contributed by atoms with Gasteiger partial charge in [0.15, 0.2) is 0 Å². The summed E-state index contributed by atoms with van der Waals surface area (Å²) in [6.45, 7) is 3.96. The minimum Gasteiger partial charge on any atom is -0.691 e. The Bertz CT molecular complexity index is 423. The van der Waals surface area contributed by atoms with E-state index in [0.717, 1.165) is 38.5 Å². The predicted octanol–water partition coefficient (Wildman–Crippen LogP) is -0.0000800. The summed E-state index contributed by atoms with van der Waals surface area (Å²) in [6, 6.07) is 5.64. The van der Waals surface area contributed by atoms with Gasteiger partial charge in [0.05, 0.1) is 17.0 Å². The van der Waals surface area contributed by atoms with Crippen molar-refractivity contribution in [2.75, 3.05) is 10.6 Å². The van der Waals surface area contributed by atoms with E-state index < -0.39 is 0 Å². The van der Waals surface area contributed by atoms with Crippen LogP contribution in [0.15, 0.2) is 23.1 Å². The first-order valence-electron chi connectivity index (χ1n) is 5.19. The number of halogens is 1. The second-order valence-corrected chi connectivity index (χ2v) is 5.57. The van der Waals surface area contributed by atoms with Gasteiger partial charge in [-0.1, -0.05) is 35.1 Å². The number of rotatable bonds is 6. The molecule has 0 fully saturated rings. The zero-order valence-electron chi connectivity index (χ0n) is 10.9. The van der Waals surface area contributed by atoms with Gasteiger partial charge in [-0.05, 0) is 30.7 Å². The second kappa shape index (κ2) is 10.5. The van der Waals surface area contributed by atoms with Crippen LogP contribution in [0.2, 0.25) is 0 Å². The van der Waals surface area contributed by atoms with E-state index in [1.807, 2.05) is 32.0 Å². The molecule has 0 radical (unpaired) electrons. The maximum absolute atomic E-state index is 9.76. The number of hydrogen-bond donors (Lipinski definition) is 1. The Morgan fingerprint density at radius 2 is 2.26 bits per heavy atom. The number of benzene rings is 1. The molecule has 1 rings (SSSR count). The number of anilines is 1. The van der Waals surface area contributed by atoms with Crippen LogP contribution < -0.4 is 40.1 Å². The summed E-state index contributed by atoms with van der Waals surface area (Å²) in [7, 11) is 0. The van der Waals surface area contributed by atoms with Gasteiger partial charge in [0.1, 0.15) is 0 Å². The van der Waals surface area contributed by atoms with Crippen molar-refractivity contribution in [1.82, 2.24) is 0 Å². The number of hydrogen-bond acceptors (Lipinski definition) is 5. The van der Waals surface area contributed by atoms with Crippen LogP contribution in [0.3, 0.4) is 0 Å². The van der Waals surface area contributed by atoms with Crippen molar-refractivity contribution in [2.45, 2.75) is 18.7 Å². The second-order valence-electron chi connectivity index (χ2n) is 3.74. The Morgan fingerprint density at radius 3 is 2.79 bits per heavy atom. The molecule has 1 atom stereocenters. The Labute approximate surface area is 153 Å². The molecule has 1 aromatic carbocycles. The third-order valence-corrected chi connectivity index (χ3v) is 4.51. The van der Waals surface area contributed by atoms with Crippen LogP contribution >= 0.6 is 40.2 Å². The molecule has 4 nitrogen and oxygen atoms in total. The molecule has 100 valence electrons. The van der Waals surface area contributed by atoms with E-state index in [0.29, 0.717) is 0 Å². The fourth-order valence-corrected chi connectivity index (χ4v) is 2.36. The molecule has 0 aliphatic rings. The summed E-state index contributed by atoms with van der Waals surface area (Å²) in [5, 5.41) is 17.1. The molecule has 0 spiro atoms. The number of nitrogens with one attached hydrogen (secondary N) is 1. The monoisotopic (exact) mass is 373 g/mol. The molecule has 19 heavy (non-hydrogen) atoms. The van der Waals surface area contributed by atoms with Crippen molar-refractivity contribution in [3.05, 3.63) is 23.8 Å². The molecule has 0 saturated heterocycles. The van der Waals surface area contributed by atoms with Crippen molar-refractivity contribution in [2.24, 2.45) is 5.92 Å². The minimum absolute atomic E-state index is 0. The Morgan fingerprint density at radius 1 is 1.58 bits per heavy atom. The van der Waals surface area contributed by atoms with Crippen LogP contribution in [0.25, 0.3) is 0 Å². The molecule has 0 bridgehead atoms. The van der Waals surface area contributed by atoms with Gasteiger partial charge in [0.25, 0.3) is 0 Å². The summed E-state index contributed by atoms with van der Waals surface area (Å²) in [6.07, 6.45) is 0. The molecule has 0 heterocycles. The molecule has 1 unspecified atom stereocenters. The first-order chi connectivity index (χ1) is 8.58. The van der Waals surface area contributed by atoms with Crippen molar-refractivity contribution in [3.63, 3.8) is 0 Å². The van der Waals surface area contributed by atoms with Crippen molar-refractivity contribution in [1.29, 1.82) is 0 Å². The maximum atomic E-state index is 9.76. The van der Waals surface area contributed by atoms with Crippen LogP contribution in [0.5, 0.6) is 0 Å². The van der Waals surface area contributed by atoms with Crippen LogP contribution in [0.4, 0.5) is 5.69 Å². The quantitative estimate of drug-likeness (QED) is 0.189. The normalized spacial score (nSPS) is 11.6. The van der Waals surface area contributed by atoms with E-state index in [1.165, 1.54) is 0 Å². The number of alkyl halides is 1. The molecule has 0 aliphatic heterocycles. The molecule has 0 aromatic heterocycles. The molecule has 1 aromatic rings. The van der Waals surface area contributed by atoms with Crippen molar-refractivity contribution >= 4 is 50.9 Å². The molecule has 0 saturated carbocycles. The van der Waals surface area contributed by atoms with Gasteiger partial charge in [0.2, 0.25) is 0 Å². The van der Waals surface area contributed by atoms with Crippen LogP contribution in [0.1, 0.15) is 12.5 Å². The molecule has 0 amide bonds. The van der Waals surface area contributed by atoms with Gasteiger partial charge in [-0.25, -0.2) is 0 Å². The van der Waals surface area contributed by atoms with Gasteiger partial charge >= 0.3 is 29.6 Å². The van der Waals surface area contributed by atoms with Crippen molar-refractivity contribution < 1.29 is 44.2 Å². The molecule has 8 heteroatoms. The van der Waals surface area contributed by atoms with E-state index in [2.05, 4.69) is 30.6 Å². The SMILES string of the molecule is Cc1cc(NC(=S)C(C)CBr)ccc1SOO[O-].[Na+]. The zero-order valence-corrected chi connectivity index (χ0v) is 16.2.